The van der Waals surface area contributed by atoms with E-state index in [0.29, 0.717) is 5.75 Å². The highest BCUT2D eigenvalue weighted by Gasteiger charge is 2.33. The fraction of sp³-hybridized carbons (Fsp3) is 0.294. The average molecular weight is 351 g/mol. The van der Waals surface area contributed by atoms with Gasteiger partial charge in [0.25, 0.3) is 10.0 Å². The van der Waals surface area contributed by atoms with Crippen molar-refractivity contribution in [1.82, 2.24) is 0 Å². The van der Waals surface area contributed by atoms with Crippen LogP contribution in [-0.4, -0.2) is 28.7 Å². The molecular formula is C17H18FNO4S. The molecule has 5 nitrogen and oxygen atoms in total. The quantitative estimate of drug-likeness (QED) is 0.853. The van der Waals surface area contributed by atoms with Gasteiger partial charge < -0.3 is 9.47 Å². The summed E-state index contributed by atoms with van der Waals surface area (Å²) < 4.78 is 51.8. The van der Waals surface area contributed by atoms with Gasteiger partial charge in [0.05, 0.1) is 19.3 Å². The number of hydrogen-bond donors (Lipinski definition) is 0. The molecule has 2 aromatic rings. The van der Waals surface area contributed by atoms with Crippen LogP contribution in [0.1, 0.15) is 11.1 Å². The topological polar surface area (TPSA) is 55.8 Å². The fourth-order valence-corrected chi connectivity index (χ4v) is 4.34. The maximum Gasteiger partial charge on any atom is 0.268 e. The van der Waals surface area contributed by atoms with E-state index in [1.807, 2.05) is 13.8 Å². The monoisotopic (exact) mass is 351 g/mol. The molecule has 2 aromatic carbocycles. The van der Waals surface area contributed by atoms with Crippen molar-refractivity contribution in [2.45, 2.75) is 18.7 Å². The van der Waals surface area contributed by atoms with Crippen LogP contribution in [0.3, 0.4) is 0 Å². The number of hydrogen-bond acceptors (Lipinski definition) is 4. The molecule has 24 heavy (non-hydrogen) atoms. The molecule has 0 spiro atoms. The van der Waals surface area contributed by atoms with Gasteiger partial charge in [0, 0.05) is 6.07 Å². The fourth-order valence-electron chi connectivity index (χ4n) is 2.66. The van der Waals surface area contributed by atoms with E-state index in [9.17, 15) is 12.8 Å². The van der Waals surface area contributed by atoms with E-state index in [1.165, 1.54) is 29.6 Å². The van der Waals surface area contributed by atoms with Gasteiger partial charge in [-0.25, -0.2) is 12.8 Å². The van der Waals surface area contributed by atoms with Gasteiger partial charge in [0.2, 0.25) is 0 Å². The van der Waals surface area contributed by atoms with Gasteiger partial charge in [-0.15, -0.1) is 0 Å². The third-order valence-electron chi connectivity index (χ3n) is 4.09. The molecule has 7 heteroatoms. The number of rotatable bonds is 3. The Labute approximate surface area is 140 Å². The molecule has 1 heterocycles. The zero-order valence-corrected chi connectivity index (χ0v) is 14.5. The standard InChI is InChI=1S/C17H18FNO4S/c1-11-8-16(22-3)17(9-12(11)2)24(20,21)19-6-7-23-15-5-4-13(18)10-14(15)19/h4-5,8-10H,6-7H2,1-3H3. The van der Waals surface area contributed by atoms with Crippen molar-refractivity contribution in [3.63, 3.8) is 0 Å². The number of methoxy groups -OCH3 is 1. The van der Waals surface area contributed by atoms with E-state index in [1.54, 1.807) is 12.1 Å². The maximum absolute atomic E-state index is 13.6. The van der Waals surface area contributed by atoms with Crippen molar-refractivity contribution in [3.05, 3.63) is 47.3 Å². The van der Waals surface area contributed by atoms with Crippen LogP contribution >= 0.6 is 0 Å². The Morgan fingerprint density at radius 2 is 1.88 bits per heavy atom. The van der Waals surface area contributed by atoms with Crippen molar-refractivity contribution in [3.8, 4) is 11.5 Å². The SMILES string of the molecule is COc1cc(C)c(C)cc1S(=O)(=O)N1CCOc2ccc(F)cc21. The first-order chi connectivity index (χ1) is 11.3. The van der Waals surface area contributed by atoms with E-state index >= 15 is 0 Å². The second-order valence-electron chi connectivity index (χ2n) is 5.63. The minimum Gasteiger partial charge on any atom is -0.495 e. The minimum atomic E-state index is -3.91. The number of sulfonamides is 1. The molecule has 0 bridgehead atoms. The molecule has 0 atom stereocenters. The number of halogens is 1. The van der Waals surface area contributed by atoms with Crippen LogP contribution in [-0.2, 0) is 10.0 Å². The lowest BCUT2D eigenvalue weighted by atomic mass is 10.1. The molecule has 0 aromatic heterocycles. The summed E-state index contributed by atoms with van der Waals surface area (Å²) in [5.74, 6) is 0.0862. The Kier molecular flexibility index (Phi) is 4.13. The van der Waals surface area contributed by atoms with Crippen molar-refractivity contribution in [2.75, 3.05) is 24.6 Å². The third-order valence-corrected chi connectivity index (χ3v) is 5.92. The molecule has 0 saturated heterocycles. The van der Waals surface area contributed by atoms with Crippen LogP contribution in [0.15, 0.2) is 35.2 Å². The van der Waals surface area contributed by atoms with E-state index in [0.717, 1.165) is 11.1 Å². The van der Waals surface area contributed by atoms with Gasteiger partial charge in [0.1, 0.15) is 28.8 Å². The molecule has 1 aliphatic rings. The second kappa shape index (κ2) is 5.98. The lowest BCUT2D eigenvalue weighted by Gasteiger charge is -2.31. The average Bonchev–Trinajstić information content (AvgIpc) is 2.56. The summed E-state index contributed by atoms with van der Waals surface area (Å²) in [5.41, 5.74) is 1.96. The first-order valence-corrected chi connectivity index (χ1v) is 8.89. The van der Waals surface area contributed by atoms with Crippen molar-refractivity contribution in [2.24, 2.45) is 0 Å². The smallest absolute Gasteiger partial charge is 0.268 e. The van der Waals surface area contributed by atoms with Gasteiger partial charge in [0.15, 0.2) is 0 Å². The number of benzene rings is 2. The Morgan fingerprint density at radius 3 is 2.58 bits per heavy atom. The molecule has 0 unspecified atom stereocenters. The molecule has 3 rings (SSSR count). The summed E-state index contributed by atoms with van der Waals surface area (Å²) in [7, 11) is -2.49. The molecule has 0 N–H and O–H groups in total. The van der Waals surface area contributed by atoms with E-state index in [4.69, 9.17) is 9.47 Å². The minimum absolute atomic E-state index is 0.0604. The highest BCUT2D eigenvalue weighted by molar-refractivity contribution is 7.93. The molecular weight excluding hydrogens is 333 g/mol. The summed E-state index contributed by atoms with van der Waals surface area (Å²) in [6, 6.07) is 7.11. The lowest BCUT2D eigenvalue weighted by Crippen LogP contribution is -2.38. The van der Waals surface area contributed by atoms with Gasteiger partial charge in [-0.1, -0.05) is 0 Å². The van der Waals surface area contributed by atoms with Gasteiger partial charge in [-0.05, 0) is 49.2 Å². The zero-order valence-electron chi connectivity index (χ0n) is 13.7. The van der Waals surface area contributed by atoms with Gasteiger partial charge in [-0.3, -0.25) is 4.31 Å². The maximum atomic E-state index is 13.6. The normalized spacial score (nSPS) is 14.1. The van der Waals surface area contributed by atoms with Gasteiger partial charge >= 0.3 is 0 Å². The number of fused-ring (bicyclic) bond motifs is 1. The van der Waals surface area contributed by atoms with E-state index in [2.05, 4.69) is 0 Å². The van der Waals surface area contributed by atoms with E-state index < -0.39 is 15.8 Å². The summed E-state index contributed by atoms with van der Waals surface area (Å²) in [5, 5.41) is 0. The van der Waals surface area contributed by atoms with Crippen LogP contribution in [0.5, 0.6) is 11.5 Å². The lowest BCUT2D eigenvalue weighted by molar-refractivity contribution is 0.315. The third kappa shape index (κ3) is 2.69. The van der Waals surface area contributed by atoms with Crippen molar-refractivity contribution in [1.29, 1.82) is 0 Å². The first kappa shape index (κ1) is 16.6. The second-order valence-corrected chi connectivity index (χ2v) is 7.46. The summed E-state index contributed by atoms with van der Waals surface area (Å²) in [6.45, 7) is 4.02. The Balaban J connectivity index is 2.17. The van der Waals surface area contributed by atoms with Crippen LogP contribution in [0.4, 0.5) is 10.1 Å². The molecule has 0 fully saturated rings. The Bertz CT molecular complexity index is 896. The molecule has 0 aliphatic carbocycles. The highest BCUT2D eigenvalue weighted by atomic mass is 32.2. The number of ether oxygens (including phenoxy) is 2. The predicted octanol–water partition coefficient (Wildman–Crippen LogP) is 3.04. The first-order valence-electron chi connectivity index (χ1n) is 7.45. The van der Waals surface area contributed by atoms with E-state index in [-0.39, 0.29) is 29.5 Å². The zero-order chi connectivity index (χ0) is 17.5. The van der Waals surface area contributed by atoms with Crippen LogP contribution in [0, 0.1) is 19.7 Å². The van der Waals surface area contributed by atoms with Crippen LogP contribution in [0.2, 0.25) is 0 Å². The largest absolute Gasteiger partial charge is 0.495 e. The predicted molar refractivity (Wildman–Crippen MR) is 88.9 cm³/mol. The van der Waals surface area contributed by atoms with Crippen molar-refractivity contribution < 1.29 is 22.3 Å². The number of aryl methyl sites for hydroxylation is 2. The highest BCUT2D eigenvalue weighted by Crippen LogP contribution is 2.38. The summed E-state index contributed by atoms with van der Waals surface area (Å²) in [4.78, 5) is 0.0604. The Morgan fingerprint density at radius 1 is 1.17 bits per heavy atom. The van der Waals surface area contributed by atoms with Crippen molar-refractivity contribution >= 4 is 15.7 Å². The van der Waals surface area contributed by atoms with Crippen LogP contribution < -0.4 is 13.8 Å². The number of nitrogens with zero attached hydrogens (tertiary/aromatic N) is 1. The summed E-state index contributed by atoms with van der Waals surface area (Å²) >= 11 is 0. The molecule has 0 saturated carbocycles. The van der Waals surface area contributed by atoms with Gasteiger partial charge in [-0.2, -0.15) is 0 Å². The number of anilines is 1. The van der Waals surface area contributed by atoms with Crippen LogP contribution in [0.25, 0.3) is 0 Å². The molecule has 128 valence electrons. The Hall–Kier alpha value is -2.28. The molecule has 1 aliphatic heterocycles. The molecule has 0 radical (unpaired) electrons. The summed E-state index contributed by atoms with van der Waals surface area (Å²) in [6.07, 6.45) is 0. The molecule has 0 amide bonds.